The largest absolute Gasteiger partial charge is 0.416 e. The zero-order valence-electron chi connectivity index (χ0n) is 11.1. The molecular weight excluding hydrogens is 261 g/mol. The highest BCUT2D eigenvalue weighted by molar-refractivity contribution is 5.81. The minimum Gasteiger partial charge on any atom is -0.166 e. The van der Waals surface area contributed by atoms with Crippen molar-refractivity contribution >= 4 is 11.6 Å². The van der Waals surface area contributed by atoms with Gasteiger partial charge in [0.1, 0.15) is 0 Å². The molecule has 0 spiro atoms. The Kier molecular flexibility index (Phi) is 4.28. The van der Waals surface area contributed by atoms with Gasteiger partial charge in [-0.2, -0.15) is 13.2 Å². The smallest absolute Gasteiger partial charge is 0.166 e. The summed E-state index contributed by atoms with van der Waals surface area (Å²) in [5.74, 6) is 0. The quantitative estimate of drug-likeness (QED) is 0.635. The Morgan fingerprint density at radius 2 is 1.55 bits per heavy atom. The Hall–Kier alpha value is -2.03. The molecule has 0 saturated heterocycles. The van der Waals surface area contributed by atoms with Gasteiger partial charge in [-0.3, -0.25) is 0 Å². The number of halogens is 3. The average molecular weight is 276 g/mol. The maximum atomic E-state index is 12.5. The van der Waals surface area contributed by atoms with E-state index in [1.165, 1.54) is 12.1 Å². The number of allylic oxidation sites excluding steroid dienone is 1. The van der Waals surface area contributed by atoms with Crippen LogP contribution in [0.25, 0.3) is 11.6 Å². The number of hydrogen-bond acceptors (Lipinski definition) is 0. The van der Waals surface area contributed by atoms with E-state index in [4.69, 9.17) is 0 Å². The zero-order valence-corrected chi connectivity index (χ0v) is 11.1. The molecule has 0 nitrogen and oxygen atoms in total. The Bertz CT molecular complexity index is 578. The van der Waals surface area contributed by atoms with Crippen LogP contribution in [0.3, 0.4) is 0 Å². The van der Waals surface area contributed by atoms with Crippen LogP contribution >= 0.6 is 0 Å². The molecule has 104 valence electrons. The van der Waals surface area contributed by atoms with Gasteiger partial charge >= 0.3 is 6.18 Å². The highest BCUT2D eigenvalue weighted by Crippen LogP contribution is 2.30. The van der Waals surface area contributed by atoms with Gasteiger partial charge in [-0.25, -0.2) is 0 Å². The predicted octanol–water partition coefficient (Wildman–Crippen LogP) is 5.66. The van der Waals surface area contributed by atoms with Crippen molar-refractivity contribution in [1.29, 1.82) is 0 Å². The highest BCUT2D eigenvalue weighted by atomic mass is 19.4. The summed E-state index contributed by atoms with van der Waals surface area (Å²) >= 11 is 0. The maximum Gasteiger partial charge on any atom is 0.416 e. The molecular formula is C17H15F3. The summed E-state index contributed by atoms with van der Waals surface area (Å²) in [6.45, 7) is 2.03. The number of rotatable bonds is 3. The van der Waals surface area contributed by atoms with Crippen LogP contribution in [0, 0.1) is 0 Å². The molecule has 2 aromatic rings. The lowest BCUT2D eigenvalue weighted by Crippen LogP contribution is -2.04. The monoisotopic (exact) mass is 276 g/mol. The molecule has 20 heavy (non-hydrogen) atoms. The van der Waals surface area contributed by atoms with Gasteiger partial charge in [-0.1, -0.05) is 55.5 Å². The summed E-state index contributed by atoms with van der Waals surface area (Å²) in [7, 11) is 0. The normalized spacial score (nSPS) is 12.5. The van der Waals surface area contributed by atoms with Crippen LogP contribution in [0.15, 0.2) is 54.6 Å². The third-order valence-corrected chi connectivity index (χ3v) is 3.10. The second kappa shape index (κ2) is 5.95. The van der Waals surface area contributed by atoms with Crippen molar-refractivity contribution in [3.63, 3.8) is 0 Å². The van der Waals surface area contributed by atoms with Gasteiger partial charge in [0.05, 0.1) is 5.56 Å². The van der Waals surface area contributed by atoms with Crippen LogP contribution in [-0.4, -0.2) is 0 Å². The zero-order chi connectivity index (χ0) is 14.6. The summed E-state index contributed by atoms with van der Waals surface area (Å²) in [6, 6.07) is 15.1. The van der Waals surface area contributed by atoms with Crippen LogP contribution in [0.1, 0.15) is 30.0 Å². The lowest BCUT2D eigenvalue weighted by atomic mass is 10.0. The molecule has 0 aliphatic heterocycles. The molecule has 0 atom stereocenters. The van der Waals surface area contributed by atoms with Crippen LogP contribution in [-0.2, 0) is 6.18 Å². The van der Waals surface area contributed by atoms with Crippen molar-refractivity contribution in [3.8, 4) is 0 Å². The van der Waals surface area contributed by atoms with Gasteiger partial charge in [-0.15, -0.1) is 0 Å². The molecule has 0 fully saturated rings. The molecule has 3 heteroatoms. The molecule has 0 saturated carbocycles. The minimum absolute atomic E-state index is 0.618. The SMILES string of the molecule is CC/C(=C/c1ccc(C(F)(F)F)cc1)c1ccccc1. The lowest BCUT2D eigenvalue weighted by Gasteiger charge is -2.08. The summed E-state index contributed by atoms with van der Waals surface area (Å²) in [4.78, 5) is 0. The van der Waals surface area contributed by atoms with E-state index in [1.807, 2.05) is 43.3 Å². The molecule has 0 bridgehead atoms. The summed E-state index contributed by atoms with van der Waals surface area (Å²) in [6.07, 6.45) is -1.53. The van der Waals surface area contributed by atoms with Gasteiger partial charge in [0.2, 0.25) is 0 Å². The molecule has 0 aliphatic rings. The minimum atomic E-state index is -4.28. The molecule has 2 rings (SSSR count). The van der Waals surface area contributed by atoms with Crippen molar-refractivity contribution < 1.29 is 13.2 Å². The van der Waals surface area contributed by atoms with Gasteiger partial charge in [0.25, 0.3) is 0 Å². The molecule has 0 aliphatic carbocycles. The maximum absolute atomic E-state index is 12.5. The van der Waals surface area contributed by atoms with E-state index >= 15 is 0 Å². The first-order chi connectivity index (χ1) is 9.50. The van der Waals surface area contributed by atoms with Crippen molar-refractivity contribution in [1.82, 2.24) is 0 Å². The summed E-state index contributed by atoms with van der Waals surface area (Å²) in [5, 5.41) is 0. The van der Waals surface area contributed by atoms with E-state index in [2.05, 4.69) is 0 Å². The van der Waals surface area contributed by atoms with E-state index in [1.54, 1.807) is 0 Å². The number of alkyl halides is 3. The highest BCUT2D eigenvalue weighted by Gasteiger charge is 2.29. The fourth-order valence-corrected chi connectivity index (χ4v) is 2.01. The lowest BCUT2D eigenvalue weighted by molar-refractivity contribution is -0.137. The standard InChI is InChI=1S/C17H15F3/c1-2-14(15-6-4-3-5-7-15)12-13-8-10-16(11-9-13)17(18,19)20/h3-12H,2H2,1H3/b14-12-. The Labute approximate surface area is 116 Å². The predicted molar refractivity (Wildman–Crippen MR) is 76.0 cm³/mol. The van der Waals surface area contributed by atoms with Gasteiger partial charge in [-0.05, 0) is 35.3 Å². The van der Waals surface area contributed by atoms with Crippen molar-refractivity contribution in [2.45, 2.75) is 19.5 Å². The third kappa shape index (κ3) is 3.50. The number of benzene rings is 2. The topological polar surface area (TPSA) is 0 Å². The Morgan fingerprint density at radius 3 is 2.05 bits per heavy atom. The van der Waals surface area contributed by atoms with Crippen molar-refractivity contribution in [2.24, 2.45) is 0 Å². The fraction of sp³-hybridized carbons (Fsp3) is 0.176. The molecule has 0 heterocycles. The Balaban J connectivity index is 2.29. The van der Waals surface area contributed by atoms with Gasteiger partial charge in [0.15, 0.2) is 0 Å². The first-order valence-electron chi connectivity index (χ1n) is 6.44. The van der Waals surface area contributed by atoms with Crippen LogP contribution < -0.4 is 0 Å². The van der Waals surface area contributed by atoms with E-state index in [0.717, 1.165) is 35.3 Å². The van der Waals surface area contributed by atoms with E-state index in [0.29, 0.717) is 0 Å². The molecule has 0 N–H and O–H groups in total. The first-order valence-corrected chi connectivity index (χ1v) is 6.44. The molecule has 2 aromatic carbocycles. The van der Waals surface area contributed by atoms with Crippen LogP contribution in [0.5, 0.6) is 0 Å². The van der Waals surface area contributed by atoms with Crippen molar-refractivity contribution in [2.75, 3.05) is 0 Å². The summed E-state index contributed by atoms with van der Waals surface area (Å²) < 4.78 is 37.5. The first kappa shape index (κ1) is 14.4. The average Bonchev–Trinajstić information content (AvgIpc) is 2.45. The summed E-state index contributed by atoms with van der Waals surface area (Å²) in [5.41, 5.74) is 2.35. The third-order valence-electron chi connectivity index (χ3n) is 3.10. The van der Waals surface area contributed by atoms with Crippen LogP contribution in [0.2, 0.25) is 0 Å². The fourth-order valence-electron chi connectivity index (χ4n) is 2.01. The van der Waals surface area contributed by atoms with Gasteiger partial charge in [0, 0.05) is 0 Å². The van der Waals surface area contributed by atoms with Crippen LogP contribution in [0.4, 0.5) is 13.2 Å². The molecule has 0 aromatic heterocycles. The molecule has 0 radical (unpaired) electrons. The second-order valence-corrected chi connectivity index (χ2v) is 4.51. The van der Waals surface area contributed by atoms with Gasteiger partial charge < -0.3 is 0 Å². The molecule has 0 unspecified atom stereocenters. The van der Waals surface area contributed by atoms with E-state index < -0.39 is 11.7 Å². The second-order valence-electron chi connectivity index (χ2n) is 4.51. The van der Waals surface area contributed by atoms with Crippen molar-refractivity contribution in [3.05, 3.63) is 71.3 Å². The van der Waals surface area contributed by atoms with E-state index in [9.17, 15) is 13.2 Å². The molecule has 0 amide bonds. The number of hydrogen-bond donors (Lipinski definition) is 0. The Morgan fingerprint density at radius 1 is 0.950 bits per heavy atom. The van der Waals surface area contributed by atoms with E-state index in [-0.39, 0.29) is 0 Å².